The molecule has 5 rings (SSSR count). The summed E-state index contributed by atoms with van der Waals surface area (Å²) in [6.45, 7) is 7.20. The molecule has 4 aliphatic rings. The Morgan fingerprint density at radius 2 is 1.93 bits per heavy atom. The average molecular weight is 600 g/mol. The lowest BCUT2D eigenvalue weighted by atomic mass is 9.78. The summed E-state index contributed by atoms with van der Waals surface area (Å²) in [5, 5.41) is 13.6. The van der Waals surface area contributed by atoms with E-state index in [4.69, 9.17) is 21.1 Å². The van der Waals surface area contributed by atoms with Crippen LogP contribution in [0.4, 0.5) is 5.69 Å². The molecule has 4 aliphatic heterocycles. The molecule has 0 radical (unpaired) electrons. The maximum Gasteiger partial charge on any atom is 0.313 e. The average Bonchev–Trinajstić information content (AvgIpc) is 3.31. The predicted molar refractivity (Wildman–Crippen MR) is 156 cm³/mol. The van der Waals surface area contributed by atoms with Crippen LogP contribution in [0.3, 0.4) is 0 Å². The summed E-state index contributed by atoms with van der Waals surface area (Å²) in [4.78, 5) is 58.1. The van der Waals surface area contributed by atoms with Gasteiger partial charge in [0, 0.05) is 13.0 Å². The molecule has 0 aliphatic carbocycles. The minimum atomic E-state index is -1.50. The number of aryl methyl sites for hydroxylation is 1. The first kappa shape index (κ1) is 30.3. The first-order valence-corrected chi connectivity index (χ1v) is 14.9. The summed E-state index contributed by atoms with van der Waals surface area (Å²) in [6, 6.07) is 3.49. The molecular formula is C31H38ClN3O7. The second-order valence-electron chi connectivity index (χ2n) is 11.9. The van der Waals surface area contributed by atoms with E-state index in [1.807, 2.05) is 26.8 Å². The van der Waals surface area contributed by atoms with E-state index in [0.717, 1.165) is 5.56 Å². The Morgan fingerprint density at radius 1 is 1.17 bits per heavy atom. The first-order valence-electron chi connectivity index (χ1n) is 14.5. The molecular weight excluding hydrogens is 562 g/mol. The minimum Gasteiger partial charge on any atom is -0.460 e. The van der Waals surface area contributed by atoms with E-state index in [-0.39, 0.29) is 37.9 Å². The number of aliphatic hydroxyl groups excluding tert-OH is 1. The number of amides is 3. The molecule has 2 saturated heterocycles. The molecule has 0 unspecified atom stereocenters. The zero-order valence-corrected chi connectivity index (χ0v) is 25.0. The number of hydrogen-bond acceptors (Lipinski definition) is 7. The van der Waals surface area contributed by atoms with Gasteiger partial charge >= 0.3 is 5.97 Å². The molecule has 1 spiro atoms. The maximum atomic E-state index is 14.7. The fourth-order valence-electron chi connectivity index (χ4n) is 6.74. The number of anilines is 1. The summed E-state index contributed by atoms with van der Waals surface area (Å²) in [5.41, 5.74) is -0.189. The van der Waals surface area contributed by atoms with Crippen LogP contribution in [0.5, 0.6) is 0 Å². The van der Waals surface area contributed by atoms with Crippen molar-refractivity contribution in [2.45, 2.75) is 70.4 Å². The smallest absolute Gasteiger partial charge is 0.313 e. The van der Waals surface area contributed by atoms with Crippen molar-refractivity contribution in [3.8, 4) is 0 Å². The summed E-state index contributed by atoms with van der Waals surface area (Å²) in [6.07, 6.45) is 6.11. The molecule has 42 heavy (non-hydrogen) atoms. The molecule has 3 amide bonds. The second-order valence-corrected chi connectivity index (χ2v) is 12.3. The van der Waals surface area contributed by atoms with Crippen LogP contribution in [0, 0.1) is 24.7 Å². The van der Waals surface area contributed by atoms with Gasteiger partial charge < -0.3 is 29.7 Å². The van der Waals surface area contributed by atoms with E-state index in [9.17, 15) is 24.3 Å². The van der Waals surface area contributed by atoms with Crippen LogP contribution in [0.25, 0.3) is 0 Å². The number of likely N-dealkylation sites (tertiary alicyclic amines) is 1. The standard InChI is InChI=1S/C31H38ClN3O7/c1-17(2)21(16-36)35-27-29(39)34(26-18(3)9-7-10-20(26)32)14-8-13-31(27)25(28(35)38)24-22(42-31)11-5-6-12-23(37)33-15-19(4)41-30(24)40/h5,7-11,13,17,19,21-22,24-25,27,36H,6,12,14-16H2,1-4H3,(H,33,37)/b11-5-/t19-,21-,22-,24+,25+,27-,31+/m0/s1. The summed E-state index contributed by atoms with van der Waals surface area (Å²) >= 11 is 6.61. The second kappa shape index (κ2) is 11.8. The van der Waals surface area contributed by atoms with Gasteiger partial charge in [0.25, 0.3) is 5.91 Å². The highest BCUT2D eigenvalue weighted by Gasteiger charge is 2.72. The van der Waals surface area contributed by atoms with Crippen LogP contribution < -0.4 is 10.2 Å². The monoisotopic (exact) mass is 599 g/mol. The van der Waals surface area contributed by atoms with E-state index in [2.05, 4.69) is 5.32 Å². The van der Waals surface area contributed by atoms with Crippen molar-refractivity contribution < 1.29 is 33.8 Å². The van der Waals surface area contributed by atoms with E-state index in [1.54, 1.807) is 48.3 Å². The van der Waals surface area contributed by atoms with E-state index in [1.165, 1.54) is 4.90 Å². The fourth-order valence-corrected chi connectivity index (χ4v) is 7.07. The molecule has 1 aromatic rings. The Hall–Kier alpha value is -3.21. The van der Waals surface area contributed by atoms with Crippen molar-refractivity contribution in [1.82, 2.24) is 10.2 Å². The van der Waals surface area contributed by atoms with E-state index >= 15 is 0 Å². The molecule has 0 saturated carbocycles. The quantitative estimate of drug-likeness (QED) is 0.402. The fraction of sp³-hybridized carbons (Fsp3) is 0.548. The number of hydrogen-bond donors (Lipinski definition) is 2. The number of fused-ring (bicyclic) bond motifs is 2. The zero-order valence-electron chi connectivity index (χ0n) is 24.3. The van der Waals surface area contributed by atoms with Crippen LogP contribution in [-0.4, -0.2) is 83.3 Å². The lowest BCUT2D eigenvalue weighted by Gasteiger charge is -2.40. The number of cyclic esters (lactones) is 1. The molecule has 10 nitrogen and oxygen atoms in total. The van der Waals surface area contributed by atoms with Gasteiger partial charge in [0.2, 0.25) is 11.8 Å². The number of esters is 1. The highest BCUT2D eigenvalue weighted by Crippen LogP contribution is 2.54. The number of rotatable bonds is 4. The van der Waals surface area contributed by atoms with Crippen molar-refractivity contribution in [3.63, 3.8) is 0 Å². The minimum absolute atomic E-state index is 0.134. The molecule has 1 aromatic carbocycles. The number of ether oxygens (including phenoxy) is 2. The van der Waals surface area contributed by atoms with Crippen LogP contribution >= 0.6 is 11.6 Å². The summed E-state index contributed by atoms with van der Waals surface area (Å²) < 4.78 is 12.4. The van der Waals surface area contributed by atoms with Gasteiger partial charge in [-0.15, -0.1) is 0 Å². The molecule has 0 bridgehead atoms. The number of benzene rings is 1. The van der Waals surface area contributed by atoms with Crippen molar-refractivity contribution in [2.24, 2.45) is 17.8 Å². The molecule has 7 atom stereocenters. The third-order valence-electron chi connectivity index (χ3n) is 8.74. The van der Waals surface area contributed by atoms with Crippen molar-refractivity contribution in [1.29, 1.82) is 0 Å². The normalized spacial score (nSPS) is 33.2. The van der Waals surface area contributed by atoms with Crippen LogP contribution in [-0.2, 0) is 28.7 Å². The van der Waals surface area contributed by atoms with Gasteiger partial charge in [-0.25, -0.2) is 0 Å². The zero-order chi connectivity index (χ0) is 30.3. The van der Waals surface area contributed by atoms with Gasteiger partial charge in [-0.05, 0) is 37.8 Å². The highest BCUT2D eigenvalue weighted by molar-refractivity contribution is 6.34. The van der Waals surface area contributed by atoms with Gasteiger partial charge in [-0.2, -0.15) is 0 Å². The Bertz CT molecular complexity index is 1310. The van der Waals surface area contributed by atoms with E-state index in [0.29, 0.717) is 17.1 Å². The van der Waals surface area contributed by atoms with Crippen LogP contribution in [0.15, 0.2) is 42.5 Å². The van der Waals surface area contributed by atoms with Crippen molar-refractivity contribution in [2.75, 3.05) is 24.6 Å². The van der Waals surface area contributed by atoms with Gasteiger partial charge in [0.05, 0.1) is 41.9 Å². The number of halogens is 1. The third-order valence-corrected chi connectivity index (χ3v) is 9.05. The largest absolute Gasteiger partial charge is 0.460 e. The Balaban J connectivity index is 1.65. The van der Waals surface area contributed by atoms with Gasteiger partial charge in [-0.3, -0.25) is 19.2 Å². The van der Waals surface area contributed by atoms with Crippen molar-refractivity contribution >= 4 is 41.0 Å². The number of nitrogens with one attached hydrogen (secondary N) is 1. The van der Waals surface area contributed by atoms with Gasteiger partial charge in [-0.1, -0.05) is 61.9 Å². The highest BCUT2D eigenvalue weighted by atomic mass is 35.5. The molecule has 2 fully saturated rings. The lowest BCUT2D eigenvalue weighted by molar-refractivity contribution is -0.159. The number of nitrogens with zero attached hydrogens (tertiary/aromatic N) is 2. The molecule has 226 valence electrons. The number of aliphatic hydroxyl groups is 1. The lowest BCUT2D eigenvalue weighted by Crippen LogP contribution is -2.59. The predicted octanol–water partition coefficient (Wildman–Crippen LogP) is 2.55. The Kier molecular flexibility index (Phi) is 8.51. The number of carbonyl (C=O) groups is 4. The number of carbonyl (C=O) groups excluding carboxylic acids is 4. The van der Waals surface area contributed by atoms with Gasteiger partial charge in [0.15, 0.2) is 0 Å². The molecule has 0 aromatic heterocycles. The SMILES string of the molecule is Cc1cccc(Cl)c1N1CC=C[C@@]23O[C@H]4/C=C\CCC(=O)NC[C@H](C)OC(=O)[C@H]4[C@@H]2C(=O)N([C@@H](CO)C(C)C)[C@H]3C1=O. The van der Waals surface area contributed by atoms with Crippen LogP contribution in [0.2, 0.25) is 5.02 Å². The molecule has 4 heterocycles. The maximum absolute atomic E-state index is 14.7. The Labute approximate surface area is 250 Å². The summed E-state index contributed by atoms with van der Waals surface area (Å²) in [5.74, 6) is -3.99. The summed E-state index contributed by atoms with van der Waals surface area (Å²) in [7, 11) is 0. The first-order chi connectivity index (χ1) is 20.0. The topological polar surface area (TPSA) is 125 Å². The number of allylic oxidation sites excluding steroid dienone is 1. The van der Waals surface area contributed by atoms with Gasteiger partial charge in [0.1, 0.15) is 23.7 Å². The van der Waals surface area contributed by atoms with Crippen LogP contribution in [0.1, 0.15) is 39.2 Å². The van der Waals surface area contributed by atoms with Crippen molar-refractivity contribution in [3.05, 3.63) is 53.1 Å². The van der Waals surface area contributed by atoms with E-state index < -0.39 is 59.5 Å². The molecule has 2 N–H and O–H groups in total. The molecule has 11 heteroatoms. The third kappa shape index (κ3) is 5.03. The Morgan fingerprint density at radius 3 is 2.62 bits per heavy atom. The number of para-hydroxylation sites is 1.